The second-order valence-electron chi connectivity index (χ2n) is 7.00. The lowest BCUT2D eigenvalue weighted by molar-refractivity contribution is 0.0211. The third kappa shape index (κ3) is 3.16. The van der Waals surface area contributed by atoms with Crippen LogP contribution in [-0.4, -0.2) is 54.6 Å². The molecule has 1 aliphatic carbocycles. The second-order valence-corrected chi connectivity index (χ2v) is 7.00. The average molecular weight is 341 g/mol. The first-order valence-electron chi connectivity index (χ1n) is 9.05. The Morgan fingerprint density at radius 2 is 2.04 bits per heavy atom. The molecule has 2 aliphatic rings. The molecule has 132 valence electrons. The molecule has 3 heterocycles. The number of nitrogens with zero attached hydrogens (tertiary/aromatic N) is 5. The Kier molecular flexibility index (Phi) is 4.48. The summed E-state index contributed by atoms with van der Waals surface area (Å²) in [6.45, 7) is 0.750. The molecule has 2 aromatic rings. The minimum Gasteiger partial charge on any atom is -0.393 e. The molecule has 1 N–H and O–H groups in total. The highest BCUT2D eigenvalue weighted by Gasteiger charge is 2.39. The van der Waals surface area contributed by atoms with E-state index in [1.165, 1.54) is 0 Å². The lowest BCUT2D eigenvalue weighted by atomic mass is 9.80. The summed E-state index contributed by atoms with van der Waals surface area (Å²) in [5, 5.41) is 18.1. The molecule has 1 saturated carbocycles. The molecule has 2 fully saturated rings. The zero-order chi connectivity index (χ0) is 17.2. The third-order valence-corrected chi connectivity index (χ3v) is 5.49. The van der Waals surface area contributed by atoms with E-state index in [0.717, 1.165) is 50.8 Å². The highest BCUT2D eigenvalue weighted by molar-refractivity contribution is 5.94. The Hall–Kier alpha value is -2.28. The van der Waals surface area contributed by atoms with Gasteiger partial charge < -0.3 is 10.0 Å². The van der Waals surface area contributed by atoms with Gasteiger partial charge >= 0.3 is 0 Å². The summed E-state index contributed by atoms with van der Waals surface area (Å²) >= 11 is 0. The maximum Gasteiger partial charge on any atom is 0.255 e. The number of carbonyl (C=O) groups excluding carboxylic acids is 1. The van der Waals surface area contributed by atoms with Crippen molar-refractivity contribution in [2.45, 2.75) is 50.7 Å². The molecule has 0 unspecified atom stereocenters. The van der Waals surface area contributed by atoms with E-state index in [1.54, 1.807) is 35.5 Å². The Bertz CT molecular complexity index is 733. The van der Waals surface area contributed by atoms with Crippen molar-refractivity contribution in [1.82, 2.24) is 24.9 Å². The van der Waals surface area contributed by atoms with Gasteiger partial charge in [-0.25, -0.2) is 4.68 Å². The van der Waals surface area contributed by atoms with Gasteiger partial charge in [-0.3, -0.25) is 9.78 Å². The topological polar surface area (TPSA) is 84.1 Å². The summed E-state index contributed by atoms with van der Waals surface area (Å²) in [5.41, 5.74) is 1.28. The minimum atomic E-state index is -0.285. The standard InChI is InChI=1S/C18H23N5O2/c24-17-6-2-1-4-15(17)16-5-3-8-22(16)18(25)13-10-14(12-19-11-13)23-9-7-20-21-23/h7,9-12,15-17,24H,1-6,8H2/t15-,16-,17-/m1/s1. The summed E-state index contributed by atoms with van der Waals surface area (Å²) in [6.07, 6.45) is 12.4. The Labute approximate surface area is 146 Å². The molecule has 25 heavy (non-hydrogen) atoms. The molecule has 1 aliphatic heterocycles. The maximum absolute atomic E-state index is 13.1. The van der Waals surface area contributed by atoms with E-state index in [9.17, 15) is 9.90 Å². The van der Waals surface area contributed by atoms with Gasteiger partial charge in [0.1, 0.15) is 0 Å². The number of amides is 1. The minimum absolute atomic E-state index is 0.00487. The Morgan fingerprint density at radius 1 is 1.16 bits per heavy atom. The highest BCUT2D eigenvalue weighted by atomic mass is 16.3. The number of carbonyl (C=O) groups is 1. The molecule has 1 amide bonds. The number of aromatic nitrogens is 4. The normalized spacial score (nSPS) is 26.8. The largest absolute Gasteiger partial charge is 0.393 e. The number of pyridine rings is 1. The van der Waals surface area contributed by atoms with Gasteiger partial charge in [-0.1, -0.05) is 18.1 Å². The lowest BCUT2D eigenvalue weighted by Crippen LogP contribution is -2.45. The van der Waals surface area contributed by atoms with Crippen LogP contribution in [0.25, 0.3) is 5.69 Å². The number of hydrogen-bond acceptors (Lipinski definition) is 5. The first-order chi connectivity index (χ1) is 12.2. The van der Waals surface area contributed by atoms with E-state index in [1.807, 2.05) is 4.90 Å². The molecule has 0 spiro atoms. The second kappa shape index (κ2) is 6.92. The van der Waals surface area contributed by atoms with Crippen LogP contribution in [0.4, 0.5) is 0 Å². The Balaban J connectivity index is 1.56. The number of likely N-dealkylation sites (tertiary alicyclic amines) is 1. The van der Waals surface area contributed by atoms with Crippen molar-refractivity contribution < 1.29 is 9.90 Å². The monoisotopic (exact) mass is 341 g/mol. The van der Waals surface area contributed by atoms with Crippen molar-refractivity contribution in [3.63, 3.8) is 0 Å². The molecule has 7 heteroatoms. The molecule has 0 radical (unpaired) electrons. The number of aliphatic hydroxyl groups excluding tert-OH is 1. The van der Waals surface area contributed by atoms with Gasteiger partial charge in [0.15, 0.2) is 0 Å². The summed E-state index contributed by atoms with van der Waals surface area (Å²) in [5.74, 6) is 0.196. The van der Waals surface area contributed by atoms with E-state index in [-0.39, 0.29) is 24.0 Å². The van der Waals surface area contributed by atoms with Crippen LogP contribution in [0.1, 0.15) is 48.9 Å². The number of aliphatic hydroxyl groups is 1. The van der Waals surface area contributed by atoms with Crippen molar-refractivity contribution in [2.24, 2.45) is 5.92 Å². The zero-order valence-electron chi connectivity index (χ0n) is 14.2. The van der Waals surface area contributed by atoms with E-state index >= 15 is 0 Å². The van der Waals surface area contributed by atoms with E-state index in [0.29, 0.717) is 5.56 Å². The molecule has 2 aromatic heterocycles. The summed E-state index contributed by atoms with van der Waals surface area (Å²) < 4.78 is 1.59. The van der Waals surface area contributed by atoms with Crippen LogP contribution in [0, 0.1) is 5.92 Å². The van der Waals surface area contributed by atoms with Crippen LogP contribution in [0.3, 0.4) is 0 Å². The molecular formula is C18H23N5O2. The van der Waals surface area contributed by atoms with Crippen molar-refractivity contribution >= 4 is 5.91 Å². The smallest absolute Gasteiger partial charge is 0.255 e. The number of rotatable bonds is 3. The quantitative estimate of drug-likeness (QED) is 0.920. The van der Waals surface area contributed by atoms with Gasteiger partial charge in [-0.05, 0) is 31.7 Å². The van der Waals surface area contributed by atoms with Gasteiger partial charge in [-0.2, -0.15) is 0 Å². The van der Waals surface area contributed by atoms with E-state index in [2.05, 4.69) is 15.3 Å². The van der Waals surface area contributed by atoms with Crippen LogP contribution in [0.5, 0.6) is 0 Å². The van der Waals surface area contributed by atoms with E-state index in [4.69, 9.17) is 0 Å². The fourth-order valence-electron chi connectivity index (χ4n) is 4.26. The average Bonchev–Trinajstić information content (AvgIpc) is 3.33. The van der Waals surface area contributed by atoms with Gasteiger partial charge in [0.2, 0.25) is 0 Å². The molecule has 3 atom stereocenters. The SMILES string of the molecule is O=C(c1cncc(-n2ccnn2)c1)N1CCC[C@@H]1[C@H]1CCCC[C@H]1O. The van der Waals surface area contributed by atoms with Gasteiger partial charge in [0, 0.05) is 24.7 Å². The molecule has 1 saturated heterocycles. The zero-order valence-corrected chi connectivity index (χ0v) is 14.2. The van der Waals surface area contributed by atoms with Crippen LogP contribution in [0.15, 0.2) is 30.9 Å². The molecule has 0 bridgehead atoms. The molecule has 4 rings (SSSR count). The summed E-state index contributed by atoms with van der Waals surface area (Å²) in [4.78, 5) is 19.2. The maximum atomic E-state index is 13.1. The lowest BCUT2D eigenvalue weighted by Gasteiger charge is -2.37. The van der Waals surface area contributed by atoms with E-state index < -0.39 is 0 Å². The van der Waals surface area contributed by atoms with Crippen molar-refractivity contribution in [2.75, 3.05) is 6.54 Å². The van der Waals surface area contributed by atoms with Crippen molar-refractivity contribution in [1.29, 1.82) is 0 Å². The van der Waals surface area contributed by atoms with Crippen molar-refractivity contribution in [3.8, 4) is 5.69 Å². The van der Waals surface area contributed by atoms with Gasteiger partial charge in [0.05, 0.1) is 35.9 Å². The van der Waals surface area contributed by atoms with Crippen LogP contribution < -0.4 is 0 Å². The third-order valence-electron chi connectivity index (χ3n) is 5.49. The molecular weight excluding hydrogens is 318 g/mol. The first-order valence-corrected chi connectivity index (χ1v) is 9.05. The fraction of sp³-hybridized carbons (Fsp3) is 0.556. The summed E-state index contributed by atoms with van der Waals surface area (Å²) in [6, 6.07) is 1.94. The van der Waals surface area contributed by atoms with Crippen LogP contribution in [0.2, 0.25) is 0 Å². The highest BCUT2D eigenvalue weighted by Crippen LogP contribution is 2.35. The predicted molar refractivity (Wildman–Crippen MR) is 91.2 cm³/mol. The van der Waals surface area contributed by atoms with Crippen LogP contribution in [-0.2, 0) is 0 Å². The molecule has 0 aromatic carbocycles. The van der Waals surface area contributed by atoms with Gasteiger partial charge in [0.25, 0.3) is 5.91 Å². The Morgan fingerprint density at radius 3 is 2.84 bits per heavy atom. The van der Waals surface area contributed by atoms with Crippen LogP contribution >= 0.6 is 0 Å². The fourth-order valence-corrected chi connectivity index (χ4v) is 4.26. The van der Waals surface area contributed by atoms with Gasteiger partial charge in [-0.15, -0.1) is 5.10 Å². The predicted octanol–water partition coefficient (Wildman–Crippen LogP) is 1.82. The van der Waals surface area contributed by atoms with Crippen molar-refractivity contribution in [3.05, 3.63) is 36.4 Å². The summed E-state index contributed by atoms with van der Waals surface area (Å²) in [7, 11) is 0. The first kappa shape index (κ1) is 16.2. The molecule has 7 nitrogen and oxygen atoms in total. The number of hydrogen-bond donors (Lipinski definition) is 1.